The minimum atomic E-state index is -3.42. The zero-order valence-corrected chi connectivity index (χ0v) is 11.3. The van der Waals surface area contributed by atoms with Gasteiger partial charge in [-0.3, -0.25) is 4.68 Å². The number of aromatic nitrogens is 2. The molecule has 2 N–H and O–H groups in total. The first kappa shape index (κ1) is 14.1. The Kier molecular flexibility index (Phi) is 5.10. The summed E-state index contributed by atoms with van der Waals surface area (Å²) in [5, 5.41) is 7.17. The number of rotatable bonds is 7. The van der Waals surface area contributed by atoms with Gasteiger partial charge in [-0.2, -0.15) is 5.10 Å². The lowest BCUT2D eigenvalue weighted by Crippen LogP contribution is -2.30. The van der Waals surface area contributed by atoms with E-state index in [9.17, 15) is 8.42 Å². The fourth-order valence-electron chi connectivity index (χ4n) is 1.35. The quantitative estimate of drug-likeness (QED) is 0.686. The molecule has 0 saturated carbocycles. The van der Waals surface area contributed by atoms with E-state index in [0.29, 0.717) is 6.54 Å². The lowest BCUT2D eigenvalue weighted by Gasteiger charge is -2.06. The second-order valence-electron chi connectivity index (χ2n) is 4.07. The maximum Gasteiger partial charge on any atom is 0.243 e. The summed E-state index contributed by atoms with van der Waals surface area (Å²) in [6.45, 7) is 7.91. The molecule has 6 nitrogen and oxygen atoms in total. The van der Waals surface area contributed by atoms with Crippen molar-refractivity contribution in [1.29, 1.82) is 0 Å². The molecule has 0 radical (unpaired) electrons. The van der Waals surface area contributed by atoms with E-state index in [0.717, 1.165) is 13.1 Å². The first-order valence-corrected chi connectivity index (χ1v) is 7.19. The molecule has 1 aromatic rings. The third kappa shape index (κ3) is 4.45. The molecule has 0 aliphatic heterocycles. The Bertz CT molecular complexity index is 439. The van der Waals surface area contributed by atoms with Gasteiger partial charge >= 0.3 is 0 Å². The van der Waals surface area contributed by atoms with E-state index < -0.39 is 10.0 Å². The van der Waals surface area contributed by atoms with Crippen molar-refractivity contribution in [2.45, 2.75) is 38.3 Å². The molecule has 0 atom stereocenters. The van der Waals surface area contributed by atoms with Crippen molar-refractivity contribution >= 4 is 10.0 Å². The summed E-state index contributed by atoms with van der Waals surface area (Å²) in [7, 11) is -3.42. The van der Waals surface area contributed by atoms with Crippen LogP contribution in [-0.2, 0) is 16.6 Å². The highest BCUT2D eigenvalue weighted by Gasteiger charge is 2.17. The highest BCUT2D eigenvalue weighted by molar-refractivity contribution is 7.89. The van der Waals surface area contributed by atoms with Gasteiger partial charge in [0.15, 0.2) is 0 Å². The minimum Gasteiger partial charge on any atom is -0.315 e. The standard InChI is InChI=1S/C10H20N4O2S/c1-4-11-5-6-14-8-10(7-12-14)17(15,16)13-9(2)3/h7-9,11,13H,4-6H2,1-3H3. The maximum atomic E-state index is 11.8. The van der Waals surface area contributed by atoms with Crippen LogP contribution in [0.5, 0.6) is 0 Å². The first-order valence-electron chi connectivity index (χ1n) is 5.71. The van der Waals surface area contributed by atoms with Crippen LogP contribution in [-0.4, -0.2) is 37.3 Å². The van der Waals surface area contributed by atoms with Gasteiger partial charge in [-0.25, -0.2) is 13.1 Å². The molecule has 98 valence electrons. The van der Waals surface area contributed by atoms with Crippen molar-refractivity contribution in [2.75, 3.05) is 13.1 Å². The van der Waals surface area contributed by atoms with Gasteiger partial charge in [-0.05, 0) is 20.4 Å². The van der Waals surface area contributed by atoms with Gasteiger partial charge in [-0.1, -0.05) is 6.92 Å². The fourth-order valence-corrected chi connectivity index (χ4v) is 2.56. The fraction of sp³-hybridized carbons (Fsp3) is 0.700. The minimum absolute atomic E-state index is 0.120. The third-order valence-corrected chi connectivity index (χ3v) is 3.69. The van der Waals surface area contributed by atoms with Crippen LogP contribution < -0.4 is 10.0 Å². The summed E-state index contributed by atoms with van der Waals surface area (Å²) >= 11 is 0. The smallest absolute Gasteiger partial charge is 0.243 e. The maximum absolute atomic E-state index is 11.8. The molecule has 0 spiro atoms. The average molecular weight is 260 g/mol. The average Bonchev–Trinajstić information content (AvgIpc) is 2.65. The van der Waals surface area contributed by atoms with Crippen LogP contribution >= 0.6 is 0 Å². The molecule has 0 amide bonds. The molecular weight excluding hydrogens is 240 g/mol. The van der Waals surface area contributed by atoms with Gasteiger partial charge in [0.1, 0.15) is 4.90 Å². The number of sulfonamides is 1. The molecule has 0 aliphatic rings. The molecular formula is C10H20N4O2S. The molecule has 0 unspecified atom stereocenters. The van der Waals surface area contributed by atoms with Gasteiger partial charge in [0.2, 0.25) is 10.0 Å². The monoisotopic (exact) mass is 260 g/mol. The number of likely N-dealkylation sites (N-methyl/N-ethyl adjacent to an activating group) is 1. The molecule has 0 fully saturated rings. The molecule has 17 heavy (non-hydrogen) atoms. The van der Waals surface area contributed by atoms with Gasteiger partial charge in [0.05, 0.1) is 12.7 Å². The molecule has 7 heteroatoms. The largest absolute Gasteiger partial charge is 0.315 e. The Hall–Kier alpha value is -0.920. The lowest BCUT2D eigenvalue weighted by molar-refractivity contribution is 0.560. The van der Waals surface area contributed by atoms with Gasteiger partial charge in [-0.15, -0.1) is 0 Å². The topological polar surface area (TPSA) is 76.0 Å². The summed E-state index contributed by atoms with van der Waals surface area (Å²) in [6.07, 6.45) is 2.92. The second kappa shape index (κ2) is 6.13. The zero-order chi connectivity index (χ0) is 12.9. The number of nitrogens with one attached hydrogen (secondary N) is 2. The summed E-state index contributed by atoms with van der Waals surface area (Å²) in [5.74, 6) is 0. The van der Waals surface area contributed by atoms with E-state index in [1.807, 2.05) is 6.92 Å². The first-order chi connectivity index (χ1) is 7.95. The van der Waals surface area contributed by atoms with Crippen LogP contribution in [0.1, 0.15) is 20.8 Å². The van der Waals surface area contributed by atoms with E-state index in [4.69, 9.17) is 0 Å². The van der Waals surface area contributed by atoms with Crippen LogP contribution in [0.4, 0.5) is 0 Å². The van der Waals surface area contributed by atoms with Crippen molar-refractivity contribution < 1.29 is 8.42 Å². The number of hydrogen-bond donors (Lipinski definition) is 2. The van der Waals surface area contributed by atoms with Crippen molar-refractivity contribution in [3.63, 3.8) is 0 Å². The van der Waals surface area contributed by atoms with E-state index in [1.165, 1.54) is 6.20 Å². The summed E-state index contributed by atoms with van der Waals surface area (Å²) in [5.41, 5.74) is 0. The molecule has 0 bridgehead atoms. The van der Waals surface area contributed by atoms with Crippen molar-refractivity contribution in [2.24, 2.45) is 0 Å². The predicted molar refractivity (Wildman–Crippen MR) is 66.2 cm³/mol. The molecule has 0 aromatic carbocycles. The van der Waals surface area contributed by atoms with Crippen LogP contribution in [0, 0.1) is 0 Å². The summed E-state index contributed by atoms with van der Waals surface area (Å²) < 4.78 is 27.8. The van der Waals surface area contributed by atoms with Gasteiger partial charge < -0.3 is 5.32 Å². The van der Waals surface area contributed by atoms with Crippen LogP contribution in [0.2, 0.25) is 0 Å². The number of hydrogen-bond acceptors (Lipinski definition) is 4. The summed E-state index contributed by atoms with van der Waals surface area (Å²) in [4.78, 5) is 0.211. The third-order valence-electron chi connectivity index (χ3n) is 2.08. The van der Waals surface area contributed by atoms with E-state index >= 15 is 0 Å². The van der Waals surface area contributed by atoms with E-state index in [2.05, 4.69) is 15.1 Å². The van der Waals surface area contributed by atoms with Crippen LogP contribution in [0.3, 0.4) is 0 Å². The van der Waals surface area contributed by atoms with Crippen LogP contribution in [0.15, 0.2) is 17.3 Å². The van der Waals surface area contributed by atoms with Crippen molar-refractivity contribution in [3.8, 4) is 0 Å². The van der Waals surface area contributed by atoms with E-state index in [1.54, 1.807) is 24.7 Å². The van der Waals surface area contributed by atoms with Crippen molar-refractivity contribution in [3.05, 3.63) is 12.4 Å². The Morgan fingerprint density at radius 2 is 2.18 bits per heavy atom. The predicted octanol–water partition coefficient (Wildman–Crippen LogP) is 0.179. The Morgan fingerprint density at radius 3 is 2.76 bits per heavy atom. The molecule has 0 saturated heterocycles. The van der Waals surface area contributed by atoms with E-state index in [-0.39, 0.29) is 10.9 Å². The molecule has 1 rings (SSSR count). The lowest BCUT2D eigenvalue weighted by atomic mass is 10.4. The van der Waals surface area contributed by atoms with Gasteiger partial charge in [0, 0.05) is 18.8 Å². The SMILES string of the molecule is CCNCCn1cc(S(=O)(=O)NC(C)C)cn1. The number of nitrogens with zero attached hydrogens (tertiary/aromatic N) is 2. The van der Waals surface area contributed by atoms with Gasteiger partial charge in [0.25, 0.3) is 0 Å². The molecule has 0 aliphatic carbocycles. The summed E-state index contributed by atoms with van der Waals surface area (Å²) in [6, 6.07) is -0.120. The second-order valence-corrected chi connectivity index (χ2v) is 5.78. The Labute approximate surface area is 102 Å². The molecule has 1 heterocycles. The highest BCUT2D eigenvalue weighted by Crippen LogP contribution is 2.07. The highest BCUT2D eigenvalue weighted by atomic mass is 32.2. The molecule has 1 aromatic heterocycles. The normalized spacial score (nSPS) is 12.2. The zero-order valence-electron chi connectivity index (χ0n) is 10.5. The Morgan fingerprint density at radius 1 is 1.47 bits per heavy atom. The van der Waals surface area contributed by atoms with Crippen molar-refractivity contribution in [1.82, 2.24) is 19.8 Å². The van der Waals surface area contributed by atoms with Crippen LogP contribution in [0.25, 0.3) is 0 Å². The Balaban J connectivity index is 2.67.